The third kappa shape index (κ3) is 6.80. The lowest BCUT2D eigenvalue weighted by Gasteiger charge is -2.20. The largest absolute Gasteiger partial charge is 0.356 e. The Hall–Kier alpha value is -0.610. The molecule has 0 aromatic carbocycles. The van der Waals surface area contributed by atoms with E-state index in [9.17, 15) is 4.79 Å². The van der Waals surface area contributed by atoms with Crippen molar-refractivity contribution in [1.29, 1.82) is 0 Å². The van der Waals surface area contributed by atoms with Crippen LogP contribution in [-0.2, 0) is 4.79 Å². The molecular weight excluding hydrogens is 202 g/mol. The molecule has 0 fully saturated rings. The van der Waals surface area contributed by atoms with E-state index < -0.39 is 0 Å². The fourth-order valence-electron chi connectivity index (χ4n) is 1.59. The van der Waals surface area contributed by atoms with Crippen LogP contribution in [0.4, 0.5) is 0 Å². The highest BCUT2D eigenvalue weighted by Crippen LogP contribution is 2.09. The molecule has 0 aliphatic heterocycles. The van der Waals surface area contributed by atoms with Crippen molar-refractivity contribution < 1.29 is 4.79 Å². The van der Waals surface area contributed by atoms with Gasteiger partial charge in [-0.25, -0.2) is 0 Å². The zero-order valence-electron chi connectivity index (χ0n) is 11.3. The molecule has 1 atom stereocenters. The number of carbonyl (C=O) groups excluding carboxylic acids is 1. The summed E-state index contributed by atoms with van der Waals surface area (Å²) in [5, 5.41) is 6.07. The maximum Gasteiger partial charge on any atom is 0.224 e. The van der Waals surface area contributed by atoms with E-state index in [0.29, 0.717) is 5.92 Å². The number of rotatable bonds is 8. The third-order valence-electron chi connectivity index (χ3n) is 2.65. The van der Waals surface area contributed by atoms with E-state index >= 15 is 0 Å². The summed E-state index contributed by atoms with van der Waals surface area (Å²) in [7, 11) is 5.97. The van der Waals surface area contributed by atoms with Gasteiger partial charge in [-0.1, -0.05) is 13.8 Å². The van der Waals surface area contributed by atoms with Crippen molar-refractivity contribution in [1.82, 2.24) is 15.5 Å². The molecule has 0 aliphatic carbocycles. The first kappa shape index (κ1) is 15.4. The molecule has 0 rings (SSSR count). The zero-order chi connectivity index (χ0) is 12.6. The van der Waals surface area contributed by atoms with Crippen LogP contribution in [0, 0.1) is 11.8 Å². The Morgan fingerprint density at radius 2 is 1.94 bits per heavy atom. The summed E-state index contributed by atoms with van der Waals surface area (Å²) in [6.45, 7) is 6.70. The molecule has 4 nitrogen and oxygen atoms in total. The van der Waals surface area contributed by atoms with Crippen molar-refractivity contribution in [3.8, 4) is 0 Å². The molecule has 0 spiro atoms. The lowest BCUT2D eigenvalue weighted by molar-refractivity contribution is -0.126. The van der Waals surface area contributed by atoms with Crippen LogP contribution >= 0.6 is 0 Å². The Bertz CT molecular complexity index is 193. The lowest BCUT2D eigenvalue weighted by atomic mass is 9.95. The molecular formula is C12H27N3O. The first-order chi connectivity index (χ1) is 7.49. The van der Waals surface area contributed by atoms with Crippen LogP contribution in [0.25, 0.3) is 0 Å². The minimum absolute atomic E-state index is 0.0735. The zero-order valence-corrected chi connectivity index (χ0v) is 11.3. The van der Waals surface area contributed by atoms with Gasteiger partial charge in [0.2, 0.25) is 5.91 Å². The summed E-state index contributed by atoms with van der Waals surface area (Å²) < 4.78 is 0. The number of nitrogens with zero attached hydrogens (tertiary/aromatic N) is 1. The summed E-state index contributed by atoms with van der Waals surface area (Å²) in [4.78, 5) is 14.0. The molecule has 4 heteroatoms. The molecule has 0 aromatic heterocycles. The van der Waals surface area contributed by atoms with Gasteiger partial charge in [-0.15, -0.1) is 0 Å². The molecule has 0 saturated heterocycles. The van der Waals surface area contributed by atoms with Crippen molar-refractivity contribution in [2.24, 2.45) is 11.8 Å². The molecule has 0 bridgehead atoms. The van der Waals surface area contributed by atoms with Crippen molar-refractivity contribution in [3.63, 3.8) is 0 Å². The highest BCUT2D eigenvalue weighted by molar-refractivity contribution is 5.79. The number of hydrogen-bond donors (Lipinski definition) is 2. The monoisotopic (exact) mass is 229 g/mol. The normalized spacial score (nSPS) is 13.2. The van der Waals surface area contributed by atoms with Gasteiger partial charge in [0.1, 0.15) is 0 Å². The Balaban J connectivity index is 3.83. The van der Waals surface area contributed by atoms with Crippen LogP contribution in [0.5, 0.6) is 0 Å². The van der Waals surface area contributed by atoms with Crippen LogP contribution < -0.4 is 10.6 Å². The maximum absolute atomic E-state index is 11.9. The average Bonchev–Trinajstić information content (AvgIpc) is 2.19. The van der Waals surface area contributed by atoms with Gasteiger partial charge in [-0.2, -0.15) is 0 Å². The summed E-state index contributed by atoms with van der Waals surface area (Å²) in [6.07, 6.45) is 1.00. The standard InChI is InChI=1S/C12H27N3O/c1-10(2)11(9-13-3)12(16)14-7-6-8-15(4)5/h10-11,13H,6-9H2,1-5H3,(H,14,16). The van der Waals surface area contributed by atoms with E-state index in [1.54, 1.807) is 0 Å². The maximum atomic E-state index is 11.9. The summed E-state index contributed by atoms with van der Waals surface area (Å²) in [6, 6.07) is 0. The molecule has 16 heavy (non-hydrogen) atoms. The SMILES string of the molecule is CNCC(C(=O)NCCCN(C)C)C(C)C. The highest BCUT2D eigenvalue weighted by Gasteiger charge is 2.20. The molecule has 0 aliphatic rings. The Morgan fingerprint density at radius 1 is 1.31 bits per heavy atom. The second-order valence-corrected chi connectivity index (χ2v) is 4.86. The minimum Gasteiger partial charge on any atom is -0.356 e. The highest BCUT2D eigenvalue weighted by atomic mass is 16.1. The van der Waals surface area contributed by atoms with Gasteiger partial charge in [0.25, 0.3) is 0 Å². The van der Waals surface area contributed by atoms with Gasteiger partial charge in [-0.05, 0) is 40.0 Å². The van der Waals surface area contributed by atoms with Crippen LogP contribution in [0.1, 0.15) is 20.3 Å². The van der Waals surface area contributed by atoms with Crippen molar-refractivity contribution in [3.05, 3.63) is 0 Å². The van der Waals surface area contributed by atoms with Crippen molar-refractivity contribution in [2.75, 3.05) is 40.8 Å². The number of amides is 1. The quantitative estimate of drug-likeness (QED) is 0.597. The van der Waals surface area contributed by atoms with Gasteiger partial charge in [0.15, 0.2) is 0 Å². The van der Waals surface area contributed by atoms with Gasteiger partial charge in [0.05, 0.1) is 5.92 Å². The van der Waals surface area contributed by atoms with E-state index in [1.165, 1.54) is 0 Å². The molecule has 0 heterocycles. The molecule has 0 radical (unpaired) electrons. The van der Waals surface area contributed by atoms with E-state index in [0.717, 1.165) is 26.1 Å². The molecule has 0 aromatic rings. The van der Waals surface area contributed by atoms with Crippen LogP contribution in [0.2, 0.25) is 0 Å². The Morgan fingerprint density at radius 3 is 2.38 bits per heavy atom. The van der Waals surface area contributed by atoms with Crippen LogP contribution in [0.15, 0.2) is 0 Å². The summed E-state index contributed by atoms with van der Waals surface area (Å²) >= 11 is 0. The lowest BCUT2D eigenvalue weighted by Crippen LogP contribution is -2.39. The summed E-state index contributed by atoms with van der Waals surface area (Å²) in [5.74, 6) is 0.619. The third-order valence-corrected chi connectivity index (χ3v) is 2.65. The fraction of sp³-hybridized carbons (Fsp3) is 0.917. The van der Waals surface area contributed by atoms with E-state index in [4.69, 9.17) is 0 Å². The molecule has 1 amide bonds. The Kier molecular flexibility index (Phi) is 8.21. The van der Waals surface area contributed by atoms with Crippen molar-refractivity contribution >= 4 is 5.91 Å². The van der Waals surface area contributed by atoms with E-state index in [2.05, 4.69) is 29.4 Å². The van der Waals surface area contributed by atoms with Gasteiger partial charge in [0, 0.05) is 13.1 Å². The van der Waals surface area contributed by atoms with Crippen LogP contribution in [-0.4, -0.2) is 51.6 Å². The number of carbonyl (C=O) groups is 1. The minimum atomic E-state index is 0.0735. The average molecular weight is 229 g/mol. The van der Waals surface area contributed by atoms with E-state index in [-0.39, 0.29) is 11.8 Å². The topological polar surface area (TPSA) is 44.4 Å². The molecule has 1 unspecified atom stereocenters. The summed E-state index contributed by atoms with van der Waals surface area (Å²) in [5.41, 5.74) is 0. The first-order valence-electron chi connectivity index (χ1n) is 6.06. The van der Waals surface area contributed by atoms with Crippen LogP contribution in [0.3, 0.4) is 0 Å². The number of nitrogens with one attached hydrogen (secondary N) is 2. The molecule has 2 N–H and O–H groups in total. The van der Waals surface area contributed by atoms with Crippen molar-refractivity contribution in [2.45, 2.75) is 20.3 Å². The van der Waals surface area contributed by atoms with Gasteiger partial charge in [-0.3, -0.25) is 4.79 Å². The first-order valence-corrected chi connectivity index (χ1v) is 6.06. The second-order valence-electron chi connectivity index (χ2n) is 4.86. The predicted octanol–water partition coefficient (Wildman–Crippen LogP) is 0.546. The fourth-order valence-corrected chi connectivity index (χ4v) is 1.59. The van der Waals surface area contributed by atoms with Gasteiger partial charge >= 0.3 is 0 Å². The Labute approximate surface area is 99.8 Å². The molecule has 96 valence electrons. The second kappa shape index (κ2) is 8.53. The number of hydrogen-bond acceptors (Lipinski definition) is 3. The van der Waals surface area contributed by atoms with E-state index in [1.807, 2.05) is 21.1 Å². The smallest absolute Gasteiger partial charge is 0.224 e. The molecule has 0 saturated carbocycles. The predicted molar refractivity (Wildman–Crippen MR) is 68.4 cm³/mol. The van der Waals surface area contributed by atoms with Gasteiger partial charge < -0.3 is 15.5 Å².